The molecule has 1 spiro atoms. The maximum absolute atomic E-state index is 14.8. The fourth-order valence-corrected chi connectivity index (χ4v) is 10.1. The molecule has 0 aliphatic carbocycles. The number of aliphatic hydroxyl groups excluding tert-OH is 2. The topological polar surface area (TPSA) is 294 Å². The lowest BCUT2D eigenvalue weighted by Gasteiger charge is -2.38. The monoisotopic (exact) mass is 975 g/mol. The second-order valence-electron chi connectivity index (χ2n) is 18.4. The number of nitrogens with one attached hydrogen (secondary N) is 2. The number of aliphatic hydroxyl groups is 2. The number of thiazole rings is 1. The van der Waals surface area contributed by atoms with Gasteiger partial charge in [-0.2, -0.15) is 0 Å². The lowest BCUT2D eigenvalue weighted by molar-refractivity contribution is -0.380. The van der Waals surface area contributed by atoms with Crippen LogP contribution in [0.15, 0.2) is 52.3 Å². The molecule has 1 saturated heterocycles. The number of carbonyl (C=O) groups is 4. The van der Waals surface area contributed by atoms with Crippen LogP contribution in [0.2, 0.25) is 0 Å². The van der Waals surface area contributed by atoms with Crippen molar-refractivity contribution in [1.82, 2.24) is 9.88 Å². The van der Waals surface area contributed by atoms with Gasteiger partial charge in [0.15, 0.2) is 10.9 Å². The van der Waals surface area contributed by atoms with Crippen LogP contribution in [0.5, 0.6) is 17.2 Å². The Hall–Kier alpha value is -6.33. The number of Topliss-reactive ketones (excluding diaryl/α,β-unsaturated/α-hetero) is 1. The van der Waals surface area contributed by atoms with Gasteiger partial charge >= 0.3 is 16.8 Å². The molecule has 370 valence electrons. The van der Waals surface area contributed by atoms with Crippen LogP contribution in [0.1, 0.15) is 77.2 Å². The van der Waals surface area contributed by atoms with E-state index in [1.165, 1.54) is 53.2 Å². The molecule has 2 aromatic carbocycles. The summed E-state index contributed by atoms with van der Waals surface area (Å²) in [5.41, 5.74) is -0.766. The van der Waals surface area contributed by atoms with Crippen molar-refractivity contribution in [2.45, 2.75) is 104 Å². The fraction of sp³-hybridized carbons (Fsp3) is 0.511. The minimum absolute atomic E-state index is 0.0339. The molecule has 22 heteroatoms. The number of aromatic hydroxyl groups is 2. The number of benzene rings is 2. The molecule has 5 heterocycles. The summed E-state index contributed by atoms with van der Waals surface area (Å²) in [4.78, 5) is 79.9. The Bertz CT molecular complexity index is 2820. The number of amides is 2. The van der Waals surface area contributed by atoms with Crippen LogP contribution >= 0.6 is 11.3 Å². The molecule has 21 nitrogen and oxygen atoms in total. The number of ketones is 1. The van der Waals surface area contributed by atoms with Crippen LogP contribution in [0.4, 0.5) is 15.8 Å². The molecule has 1 fully saturated rings. The number of aromatic nitrogens is 1. The number of nitrogens with zero attached hydrogens (tertiary/aromatic N) is 5. The van der Waals surface area contributed by atoms with Gasteiger partial charge in [0.2, 0.25) is 5.91 Å². The molecular formula is C47H57N7O14S. The molecule has 4 aliphatic heterocycles. The first-order valence-electron chi connectivity index (χ1n) is 22.5. The van der Waals surface area contributed by atoms with Crippen LogP contribution in [0.3, 0.4) is 0 Å². The lowest BCUT2D eigenvalue weighted by Crippen LogP contribution is -2.48. The predicted molar refractivity (Wildman–Crippen MR) is 250 cm³/mol. The number of piperidine rings is 1. The molecule has 4 bridgehead atoms. The average molecular weight is 976 g/mol. The summed E-state index contributed by atoms with van der Waals surface area (Å²) in [5, 5.41) is 63.7. The second-order valence-corrected chi connectivity index (χ2v) is 19.4. The van der Waals surface area contributed by atoms with Gasteiger partial charge in [0.05, 0.1) is 52.7 Å². The molecule has 9 atom stereocenters. The molecule has 0 saturated carbocycles. The van der Waals surface area contributed by atoms with Crippen molar-refractivity contribution in [2.24, 2.45) is 33.7 Å². The minimum atomic E-state index is -2.04. The molecular weight excluding hydrogens is 919 g/mol. The highest BCUT2D eigenvalue weighted by molar-refractivity contribution is 7.18. The van der Waals surface area contributed by atoms with Crippen LogP contribution in [-0.4, -0.2) is 121 Å². The lowest BCUT2D eigenvalue weighted by atomic mass is 9.78. The van der Waals surface area contributed by atoms with E-state index in [1.54, 1.807) is 39.8 Å². The Labute approximate surface area is 400 Å². The van der Waals surface area contributed by atoms with Crippen LogP contribution in [0, 0.1) is 40.7 Å². The Morgan fingerprint density at radius 1 is 1.03 bits per heavy atom. The zero-order valence-corrected chi connectivity index (χ0v) is 40.5. The smallest absolute Gasteiger partial charge is 0.345 e. The van der Waals surface area contributed by atoms with E-state index in [1.807, 2.05) is 4.90 Å². The molecule has 4 aliphatic rings. The Morgan fingerprint density at radius 2 is 1.72 bits per heavy atom. The normalized spacial score (nSPS) is 30.0. The SMILES string of the molecule is CO[C@H]1/C=C/O[C@@]2(C)Oc3c(C)c(O)c4c(O)c(c5c(c4c3C2=O)NC2(CCN(CC(=O)Nc3ncc([N+](=O)[O-])s3)CC2)N=5)=NC(=O)/C(C)=C\C=C\[C@H](C)[C@H](O)[C@@H](C)[C@@H](O)[C@@H](C)[C@H](OC(C)=O)[C@@H]1C. The van der Waals surface area contributed by atoms with E-state index < -0.39 is 99.5 Å². The van der Waals surface area contributed by atoms with E-state index in [9.17, 15) is 49.7 Å². The van der Waals surface area contributed by atoms with Crippen molar-refractivity contribution in [3.05, 3.63) is 74.3 Å². The van der Waals surface area contributed by atoms with Crippen molar-refractivity contribution < 1.29 is 63.5 Å². The zero-order chi connectivity index (χ0) is 50.4. The molecule has 1 aromatic heterocycles. The molecule has 69 heavy (non-hydrogen) atoms. The van der Waals surface area contributed by atoms with Gasteiger partial charge in [0.1, 0.15) is 40.2 Å². The summed E-state index contributed by atoms with van der Waals surface area (Å²) in [6.07, 6.45) is 5.09. The number of allylic oxidation sites excluding steroid dienone is 2. The van der Waals surface area contributed by atoms with Gasteiger partial charge in [-0.3, -0.25) is 39.2 Å². The summed E-state index contributed by atoms with van der Waals surface area (Å²) >= 11 is 0.734. The van der Waals surface area contributed by atoms with Gasteiger partial charge in [-0.15, -0.1) is 0 Å². The first-order valence-corrected chi connectivity index (χ1v) is 23.3. The fourth-order valence-electron chi connectivity index (χ4n) is 9.47. The summed E-state index contributed by atoms with van der Waals surface area (Å²) in [6, 6.07) is 0. The molecule has 0 unspecified atom stereocenters. The second kappa shape index (κ2) is 19.6. The van der Waals surface area contributed by atoms with Crippen LogP contribution < -0.4 is 26.1 Å². The molecule has 7 rings (SSSR count). The maximum atomic E-state index is 14.8. The number of likely N-dealkylation sites (tertiary alicyclic amines) is 1. The maximum Gasteiger partial charge on any atom is 0.345 e. The standard InChI is InChI=1S/C47H57N7O14S/c1-21-11-10-12-22(2)44(62)50-36-35-34(51-47(52-35)14-16-53(17-15-47)20-29(56)49-45-48-19-30(69-45)54(63)64)31-32(40(36)60)39(59)26(6)42-33(31)43(61)46(8,68-42)66-18-13-28(65-9)23(3)41(67-27(7)55)25(5)38(58)24(4)37(21)57/h10-13,18-19,21,23-25,28,37-38,41,51,57-60H,14-17,20H2,1-9H3,(H,48,49,56)/b11-10+,18-13+,22-12-,50-36?/t21-,23+,24+,25+,28-,37-,38+,41+,46-/m0/s1. The predicted octanol–water partition coefficient (Wildman–Crippen LogP) is 4.10. The number of hydrogen-bond acceptors (Lipinski definition) is 19. The average Bonchev–Trinajstić information content (AvgIpc) is 4.00. The van der Waals surface area contributed by atoms with Gasteiger partial charge < -0.3 is 50.0 Å². The minimum Gasteiger partial charge on any atom is -0.507 e. The third-order valence-electron chi connectivity index (χ3n) is 13.6. The van der Waals surface area contributed by atoms with Gasteiger partial charge in [-0.05, 0) is 31.3 Å². The number of phenols is 2. The summed E-state index contributed by atoms with van der Waals surface area (Å²) in [5.74, 6) is -8.24. The Morgan fingerprint density at radius 3 is 2.36 bits per heavy atom. The first kappa shape index (κ1) is 50.5. The quantitative estimate of drug-likeness (QED) is 0.0877. The van der Waals surface area contributed by atoms with Crippen molar-refractivity contribution in [3.8, 4) is 17.2 Å². The number of hydrogen-bond donors (Lipinski definition) is 6. The zero-order valence-electron chi connectivity index (χ0n) is 39.6. The number of rotatable bonds is 6. The van der Waals surface area contributed by atoms with E-state index in [0.29, 0.717) is 13.1 Å². The Balaban J connectivity index is 1.32. The van der Waals surface area contributed by atoms with E-state index >= 15 is 0 Å². The van der Waals surface area contributed by atoms with Gasteiger partial charge in [-0.1, -0.05) is 45.9 Å². The van der Waals surface area contributed by atoms with Crippen molar-refractivity contribution in [1.29, 1.82) is 0 Å². The van der Waals surface area contributed by atoms with E-state index in [-0.39, 0.29) is 79.1 Å². The van der Waals surface area contributed by atoms with E-state index in [2.05, 4.69) is 20.6 Å². The third-order valence-corrected chi connectivity index (χ3v) is 14.4. The molecule has 2 amide bonds. The van der Waals surface area contributed by atoms with E-state index in [4.69, 9.17) is 23.9 Å². The van der Waals surface area contributed by atoms with Gasteiger partial charge in [-0.25, -0.2) is 9.98 Å². The number of nitro groups is 1. The highest BCUT2D eigenvalue weighted by atomic mass is 32.1. The molecule has 0 radical (unpaired) electrons. The van der Waals surface area contributed by atoms with Gasteiger partial charge in [0, 0.05) is 87.1 Å². The van der Waals surface area contributed by atoms with Crippen LogP contribution in [0.25, 0.3) is 10.8 Å². The van der Waals surface area contributed by atoms with Crippen molar-refractivity contribution in [3.63, 3.8) is 0 Å². The highest BCUT2D eigenvalue weighted by Crippen LogP contribution is 2.51. The van der Waals surface area contributed by atoms with Crippen LogP contribution in [-0.2, 0) is 28.6 Å². The largest absolute Gasteiger partial charge is 0.507 e. The number of anilines is 2. The summed E-state index contributed by atoms with van der Waals surface area (Å²) < 4.78 is 23.9. The summed E-state index contributed by atoms with van der Waals surface area (Å²) in [7, 11) is 1.43. The third kappa shape index (κ3) is 9.67. The first-order chi connectivity index (χ1) is 32.5. The summed E-state index contributed by atoms with van der Waals surface area (Å²) in [6.45, 7) is 13.1. The molecule has 3 aromatic rings. The number of carbonyl (C=O) groups excluding carboxylic acids is 4. The number of ether oxygens (including phenoxy) is 4. The number of phenolic OH excluding ortho intramolecular Hbond substituents is 2. The number of fused-ring (bicyclic) bond motifs is 1. The van der Waals surface area contributed by atoms with Crippen molar-refractivity contribution >= 4 is 61.5 Å². The van der Waals surface area contributed by atoms with Crippen molar-refractivity contribution in [2.75, 3.05) is 37.4 Å². The number of esters is 1. The van der Waals surface area contributed by atoms with E-state index in [0.717, 1.165) is 17.5 Å². The number of methoxy groups -OCH3 is 1. The van der Waals surface area contributed by atoms with Gasteiger partial charge in [0.25, 0.3) is 11.7 Å². The molecule has 6 N–H and O–H groups in total. The highest BCUT2D eigenvalue weighted by Gasteiger charge is 2.51. The Kier molecular flexibility index (Phi) is 14.3.